The summed E-state index contributed by atoms with van der Waals surface area (Å²) in [6.45, 7) is 10.2. The summed E-state index contributed by atoms with van der Waals surface area (Å²) in [6.07, 6.45) is 0. The molecule has 0 bridgehead atoms. The highest BCUT2D eigenvalue weighted by molar-refractivity contribution is 5.96. The summed E-state index contributed by atoms with van der Waals surface area (Å²) in [7, 11) is 1.54. The van der Waals surface area contributed by atoms with E-state index in [1.54, 1.807) is 24.0 Å². The van der Waals surface area contributed by atoms with Crippen molar-refractivity contribution in [1.29, 1.82) is 0 Å². The Hall–Kier alpha value is -2.48. The number of carbonyl (C=O) groups is 3. The van der Waals surface area contributed by atoms with E-state index < -0.39 is 5.82 Å². The summed E-state index contributed by atoms with van der Waals surface area (Å²) in [5.74, 6) is -0.972. The van der Waals surface area contributed by atoms with Gasteiger partial charge in [0.05, 0.1) is 32.7 Å². The van der Waals surface area contributed by atoms with E-state index in [0.29, 0.717) is 38.3 Å². The molecule has 1 aromatic carbocycles. The van der Waals surface area contributed by atoms with Gasteiger partial charge in [-0.1, -0.05) is 6.07 Å². The summed E-state index contributed by atoms with van der Waals surface area (Å²) in [6, 6.07) is 4.31. The maximum absolute atomic E-state index is 13.7. The number of nitrogens with one attached hydrogen (secondary N) is 2. The van der Waals surface area contributed by atoms with Gasteiger partial charge in [-0.2, -0.15) is 0 Å². The van der Waals surface area contributed by atoms with Gasteiger partial charge in [0, 0.05) is 18.2 Å². The van der Waals surface area contributed by atoms with Crippen LogP contribution in [-0.2, 0) is 9.59 Å². The van der Waals surface area contributed by atoms with Crippen LogP contribution in [0.4, 0.5) is 4.39 Å². The van der Waals surface area contributed by atoms with Crippen molar-refractivity contribution in [2.75, 3.05) is 46.3 Å². The van der Waals surface area contributed by atoms with Crippen LogP contribution in [0.2, 0.25) is 0 Å². The minimum absolute atomic E-state index is 0.00272. The van der Waals surface area contributed by atoms with Crippen molar-refractivity contribution in [1.82, 2.24) is 15.1 Å². The van der Waals surface area contributed by atoms with Gasteiger partial charge in [-0.15, -0.1) is 0 Å². The molecule has 1 aliphatic heterocycles. The van der Waals surface area contributed by atoms with E-state index in [1.807, 2.05) is 20.8 Å². The lowest BCUT2D eigenvalue weighted by Crippen LogP contribution is -3.16. The lowest BCUT2D eigenvalue weighted by Gasteiger charge is -2.33. The molecule has 2 N–H and O–H groups in total. The fraction of sp³-hybridized carbons (Fsp3) is 0.571. The predicted molar refractivity (Wildman–Crippen MR) is 108 cm³/mol. The number of piperazine rings is 1. The number of carbonyl (C=O) groups excluding carboxylic acids is 3. The van der Waals surface area contributed by atoms with Crippen molar-refractivity contribution < 1.29 is 23.7 Å². The zero-order valence-corrected chi connectivity index (χ0v) is 18.0. The van der Waals surface area contributed by atoms with Crippen LogP contribution in [0.25, 0.3) is 0 Å². The van der Waals surface area contributed by atoms with Gasteiger partial charge in [0.25, 0.3) is 11.8 Å². The lowest BCUT2D eigenvalue weighted by molar-refractivity contribution is -0.896. The van der Waals surface area contributed by atoms with Gasteiger partial charge in [0.15, 0.2) is 6.54 Å². The minimum atomic E-state index is -0.440. The molecule has 0 unspecified atom stereocenters. The highest BCUT2D eigenvalue weighted by atomic mass is 19.1. The molecule has 2 rings (SSSR count). The number of amides is 3. The molecule has 0 saturated carbocycles. The third-order valence-corrected chi connectivity index (χ3v) is 4.89. The Morgan fingerprint density at radius 2 is 1.83 bits per heavy atom. The second-order valence-corrected chi connectivity index (χ2v) is 8.73. The summed E-state index contributed by atoms with van der Waals surface area (Å²) < 4.78 is 13.7. The molecule has 0 atom stereocenters. The Kier molecular flexibility index (Phi) is 7.35. The maximum atomic E-state index is 13.7. The molecule has 1 saturated heterocycles. The molecule has 1 aromatic rings. The van der Waals surface area contributed by atoms with Crippen molar-refractivity contribution in [2.24, 2.45) is 0 Å². The van der Waals surface area contributed by atoms with Gasteiger partial charge in [0.2, 0.25) is 5.91 Å². The fourth-order valence-corrected chi connectivity index (χ4v) is 3.26. The number of halogens is 1. The smallest absolute Gasteiger partial charge is 0.275 e. The molecular formula is C21H32FN4O3+. The van der Waals surface area contributed by atoms with Gasteiger partial charge in [-0.05, 0) is 45.4 Å². The van der Waals surface area contributed by atoms with Gasteiger partial charge in [-0.25, -0.2) is 4.39 Å². The number of hydrogen-bond donors (Lipinski definition) is 2. The van der Waals surface area contributed by atoms with E-state index in [2.05, 4.69) is 5.32 Å². The number of benzene rings is 1. The van der Waals surface area contributed by atoms with Gasteiger partial charge >= 0.3 is 0 Å². The van der Waals surface area contributed by atoms with E-state index in [-0.39, 0.29) is 35.4 Å². The number of aryl methyl sites for hydroxylation is 1. The number of likely N-dealkylation sites (N-methyl/N-ethyl adjacent to an activating group) is 1. The molecule has 0 aliphatic carbocycles. The lowest BCUT2D eigenvalue weighted by atomic mass is 10.1. The summed E-state index contributed by atoms with van der Waals surface area (Å²) in [5.41, 5.74) is 0.436. The molecule has 160 valence electrons. The zero-order chi connectivity index (χ0) is 21.8. The number of quaternary nitrogens is 1. The van der Waals surface area contributed by atoms with E-state index >= 15 is 0 Å². The van der Waals surface area contributed by atoms with Crippen LogP contribution in [0, 0.1) is 12.7 Å². The van der Waals surface area contributed by atoms with Crippen molar-refractivity contribution >= 4 is 17.7 Å². The van der Waals surface area contributed by atoms with E-state index in [0.717, 1.165) is 4.90 Å². The largest absolute Gasteiger partial charge is 0.347 e. The van der Waals surface area contributed by atoms with Crippen LogP contribution in [-0.4, -0.2) is 79.4 Å². The van der Waals surface area contributed by atoms with Gasteiger partial charge in [0.1, 0.15) is 5.82 Å². The van der Waals surface area contributed by atoms with Crippen LogP contribution in [0.15, 0.2) is 18.2 Å². The van der Waals surface area contributed by atoms with Crippen molar-refractivity contribution in [3.8, 4) is 0 Å². The number of hydrogen-bond acceptors (Lipinski definition) is 3. The topological polar surface area (TPSA) is 74.2 Å². The minimum Gasteiger partial charge on any atom is -0.347 e. The van der Waals surface area contributed by atoms with Crippen LogP contribution >= 0.6 is 0 Å². The Labute approximate surface area is 171 Å². The first kappa shape index (κ1) is 22.8. The molecule has 7 nitrogen and oxygen atoms in total. The Balaban J connectivity index is 1.82. The Morgan fingerprint density at radius 3 is 2.38 bits per heavy atom. The molecule has 0 spiro atoms. The standard InChI is InChI=1S/C21H31FN4O3/c1-15-6-7-16(12-17(15)22)20(29)24(5)14-19(28)26-10-8-25(9-11-26)13-18(27)23-21(2,3)4/h6-7,12H,8-11,13-14H2,1-5H3,(H,23,27)/p+1. The van der Waals surface area contributed by atoms with Crippen LogP contribution in [0.5, 0.6) is 0 Å². The number of nitrogens with zero attached hydrogens (tertiary/aromatic N) is 2. The van der Waals surface area contributed by atoms with Crippen LogP contribution < -0.4 is 10.2 Å². The van der Waals surface area contributed by atoms with E-state index in [4.69, 9.17) is 0 Å². The van der Waals surface area contributed by atoms with Crippen molar-refractivity contribution in [2.45, 2.75) is 33.2 Å². The highest BCUT2D eigenvalue weighted by Gasteiger charge is 2.27. The zero-order valence-electron chi connectivity index (χ0n) is 18.0. The van der Waals surface area contributed by atoms with Crippen molar-refractivity contribution in [3.63, 3.8) is 0 Å². The number of rotatable bonds is 5. The van der Waals surface area contributed by atoms with Gasteiger partial charge < -0.3 is 20.0 Å². The normalized spacial score (nSPS) is 15.2. The summed E-state index contributed by atoms with van der Waals surface area (Å²) in [4.78, 5) is 41.2. The Bertz CT molecular complexity index is 768. The molecular weight excluding hydrogens is 375 g/mol. The summed E-state index contributed by atoms with van der Waals surface area (Å²) in [5, 5.41) is 2.95. The highest BCUT2D eigenvalue weighted by Crippen LogP contribution is 2.11. The average molecular weight is 408 g/mol. The molecule has 29 heavy (non-hydrogen) atoms. The fourth-order valence-electron chi connectivity index (χ4n) is 3.26. The summed E-state index contributed by atoms with van der Waals surface area (Å²) >= 11 is 0. The van der Waals surface area contributed by atoms with Gasteiger partial charge in [-0.3, -0.25) is 14.4 Å². The second kappa shape index (κ2) is 9.35. The molecule has 0 aromatic heterocycles. The molecule has 1 fully saturated rings. The van der Waals surface area contributed by atoms with Crippen molar-refractivity contribution in [3.05, 3.63) is 35.1 Å². The first-order valence-corrected chi connectivity index (χ1v) is 9.90. The first-order valence-electron chi connectivity index (χ1n) is 9.90. The molecule has 8 heteroatoms. The SMILES string of the molecule is Cc1ccc(C(=O)N(C)CC(=O)N2CC[NH+](CC(=O)NC(C)(C)C)CC2)cc1F. The monoisotopic (exact) mass is 407 g/mol. The molecule has 0 radical (unpaired) electrons. The molecule has 1 aliphatic rings. The van der Waals surface area contributed by atoms with E-state index in [1.165, 1.54) is 18.0 Å². The quantitative estimate of drug-likeness (QED) is 0.713. The van der Waals surface area contributed by atoms with Crippen LogP contribution in [0.1, 0.15) is 36.7 Å². The Morgan fingerprint density at radius 1 is 1.21 bits per heavy atom. The first-order chi connectivity index (χ1) is 13.5. The second-order valence-electron chi connectivity index (χ2n) is 8.73. The molecule has 1 heterocycles. The average Bonchev–Trinajstić information content (AvgIpc) is 2.62. The molecule has 3 amide bonds. The predicted octanol–water partition coefficient (Wildman–Crippen LogP) is -0.152. The van der Waals surface area contributed by atoms with Crippen LogP contribution in [0.3, 0.4) is 0 Å². The third kappa shape index (κ3) is 6.81. The van der Waals surface area contributed by atoms with E-state index in [9.17, 15) is 18.8 Å². The third-order valence-electron chi connectivity index (χ3n) is 4.89. The maximum Gasteiger partial charge on any atom is 0.275 e.